The molecular weight excluding hydrogens is 290 g/mol. The number of hydrogen-bond acceptors (Lipinski definition) is 4. The van der Waals surface area contributed by atoms with Gasteiger partial charge in [-0.2, -0.15) is 0 Å². The SMILES string of the molecule is CCCC(O)(CCNCC(=O)CCl)c1cccc(OC)c1. The Balaban J connectivity index is 2.70. The normalized spacial score (nSPS) is 13.7. The summed E-state index contributed by atoms with van der Waals surface area (Å²) in [6.45, 7) is 2.83. The Kier molecular flexibility index (Phi) is 7.72. The number of hydrogen-bond donors (Lipinski definition) is 2. The zero-order chi connectivity index (χ0) is 15.7. The first kappa shape index (κ1) is 18.0. The van der Waals surface area contributed by atoms with Crippen LogP contribution in [0.4, 0.5) is 0 Å². The summed E-state index contributed by atoms with van der Waals surface area (Å²) in [5.41, 5.74) is -0.0745. The Morgan fingerprint density at radius 1 is 1.43 bits per heavy atom. The Labute approximate surface area is 131 Å². The Morgan fingerprint density at radius 3 is 2.81 bits per heavy atom. The number of carbonyl (C=O) groups excluding carboxylic acids is 1. The molecule has 0 radical (unpaired) electrons. The van der Waals surface area contributed by atoms with Gasteiger partial charge in [-0.25, -0.2) is 0 Å². The van der Waals surface area contributed by atoms with Gasteiger partial charge in [-0.05, 0) is 37.1 Å². The van der Waals surface area contributed by atoms with Crippen molar-refractivity contribution in [2.75, 3.05) is 26.1 Å². The first-order chi connectivity index (χ1) is 10.1. The van der Waals surface area contributed by atoms with Crippen molar-refractivity contribution in [2.45, 2.75) is 31.8 Å². The molecule has 0 aromatic heterocycles. The van der Waals surface area contributed by atoms with E-state index < -0.39 is 5.60 Å². The molecule has 0 bridgehead atoms. The Bertz CT molecular complexity index is 453. The number of nitrogens with one attached hydrogen (secondary N) is 1. The number of aliphatic hydroxyl groups is 1. The van der Waals surface area contributed by atoms with E-state index in [0.29, 0.717) is 19.4 Å². The highest BCUT2D eigenvalue weighted by molar-refractivity contribution is 6.27. The monoisotopic (exact) mass is 313 g/mol. The molecule has 1 atom stereocenters. The molecule has 1 aromatic rings. The number of benzene rings is 1. The number of methoxy groups -OCH3 is 1. The Morgan fingerprint density at radius 2 is 2.19 bits per heavy atom. The Hall–Kier alpha value is -1.10. The maximum Gasteiger partial charge on any atom is 0.161 e. The van der Waals surface area contributed by atoms with Crippen molar-refractivity contribution in [1.82, 2.24) is 5.32 Å². The minimum Gasteiger partial charge on any atom is -0.497 e. The van der Waals surface area contributed by atoms with Crippen LogP contribution >= 0.6 is 11.6 Å². The standard InChI is InChI=1S/C16H24ClNO3/c1-3-7-16(20,8-9-18-12-14(19)11-17)13-5-4-6-15(10-13)21-2/h4-6,10,18,20H,3,7-9,11-12H2,1-2H3. The van der Waals surface area contributed by atoms with Gasteiger partial charge in [0.25, 0.3) is 0 Å². The minimum atomic E-state index is -0.916. The molecule has 4 nitrogen and oxygen atoms in total. The molecule has 1 unspecified atom stereocenters. The summed E-state index contributed by atoms with van der Waals surface area (Å²) in [6, 6.07) is 7.49. The van der Waals surface area contributed by atoms with Crippen LogP contribution in [0.1, 0.15) is 31.7 Å². The lowest BCUT2D eigenvalue weighted by molar-refractivity contribution is -0.116. The summed E-state index contributed by atoms with van der Waals surface area (Å²) in [6.07, 6.45) is 2.06. The zero-order valence-corrected chi connectivity index (χ0v) is 13.4. The number of rotatable bonds is 10. The number of Topliss-reactive ketones (excluding diaryl/α,β-unsaturated/α-hetero) is 1. The summed E-state index contributed by atoms with van der Waals surface area (Å²) in [7, 11) is 1.61. The van der Waals surface area contributed by atoms with Crippen LogP contribution in [0.5, 0.6) is 5.75 Å². The molecule has 0 saturated carbocycles. The van der Waals surface area contributed by atoms with Gasteiger partial charge in [0.2, 0.25) is 0 Å². The number of alkyl halides is 1. The highest BCUT2D eigenvalue weighted by atomic mass is 35.5. The van der Waals surface area contributed by atoms with Gasteiger partial charge in [-0.3, -0.25) is 4.79 Å². The zero-order valence-electron chi connectivity index (χ0n) is 12.7. The van der Waals surface area contributed by atoms with E-state index in [1.807, 2.05) is 31.2 Å². The second-order valence-corrected chi connectivity index (χ2v) is 5.38. The fourth-order valence-corrected chi connectivity index (χ4v) is 2.40. The summed E-state index contributed by atoms with van der Waals surface area (Å²) in [5, 5.41) is 13.9. The van der Waals surface area contributed by atoms with Gasteiger partial charge in [0.15, 0.2) is 5.78 Å². The van der Waals surface area contributed by atoms with Crippen LogP contribution in [-0.2, 0) is 10.4 Å². The fourth-order valence-electron chi connectivity index (χ4n) is 2.31. The molecule has 5 heteroatoms. The van der Waals surface area contributed by atoms with E-state index in [-0.39, 0.29) is 18.2 Å². The second kappa shape index (κ2) is 9.03. The van der Waals surface area contributed by atoms with Crippen molar-refractivity contribution >= 4 is 17.4 Å². The van der Waals surface area contributed by atoms with Gasteiger partial charge in [-0.15, -0.1) is 11.6 Å². The van der Waals surface area contributed by atoms with Crippen molar-refractivity contribution in [3.63, 3.8) is 0 Å². The van der Waals surface area contributed by atoms with Crippen molar-refractivity contribution in [2.24, 2.45) is 0 Å². The molecule has 1 aromatic carbocycles. The van der Waals surface area contributed by atoms with E-state index in [4.69, 9.17) is 16.3 Å². The van der Waals surface area contributed by atoms with Crippen LogP contribution in [0, 0.1) is 0 Å². The molecule has 21 heavy (non-hydrogen) atoms. The number of ketones is 1. The third-order valence-corrected chi connectivity index (χ3v) is 3.76. The van der Waals surface area contributed by atoms with E-state index in [0.717, 1.165) is 17.7 Å². The molecule has 0 fully saturated rings. The average molecular weight is 314 g/mol. The van der Waals surface area contributed by atoms with Crippen LogP contribution in [0.25, 0.3) is 0 Å². The highest BCUT2D eigenvalue weighted by Crippen LogP contribution is 2.31. The first-order valence-corrected chi connectivity index (χ1v) is 7.74. The molecular formula is C16H24ClNO3. The predicted molar refractivity (Wildman–Crippen MR) is 85.0 cm³/mol. The molecule has 0 saturated heterocycles. The van der Waals surface area contributed by atoms with Gasteiger partial charge in [0, 0.05) is 0 Å². The van der Waals surface area contributed by atoms with Gasteiger partial charge >= 0.3 is 0 Å². The van der Waals surface area contributed by atoms with Gasteiger partial charge in [0.1, 0.15) is 5.75 Å². The summed E-state index contributed by atoms with van der Waals surface area (Å²) in [5.74, 6) is 0.701. The van der Waals surface area contributed by atoms with Crippen molar-refractivity contribution in [1.29, 1.82) is 0 Å². The first-order valence-electron chi connectivity index (χ1n) is 7.21. The molecule has 0 aliphatic carbocycles. The third-order valence-electron chi connectivity index (χ3n) is 3.46. The molecule has 0 spiro atoms. The van der Waals surface area contributed by atoms with Crippen molar-refractivity contribution in [3.8, 4) is 5.75 Å². The third kappa shape index (κ3) is 5.65. The quantitative estimate of drug-likeness (QED) is 0.514. The lowest BCUT2D eigenvalue weighted by atomic mass is 9.86. The highest BCUT2D eigenvalue weighted by Gasteiger charge is 2.28. The van der Waals surface area contributed by atoms with Crippen molar-refractivity contribution < 1.29 is 14.6 Å². The van der Waals surface area contributed by atoms with Crippen LogP contribution < -0.4 is 10.1 Å². The predicted octanol–water partition coefficient (Wildman–Crippen LogP) is 2.47. The summed E-state index contributed by atoms with van der Waals surface area (Å²) < 4.78 is 5.21. The van der Waals surface area contributed by atoms with E-state index in [1.165, 1.54) is 0 Å². The summed E-state index contributed by atoms with van der Waals surface area (Å²) >= 11 is 5.45. The van der Waals surface area contributed by atoms with E-state index >= 15 is 0 Å². The van der Waals surface area contributed by atoms with E-state index in [2.05, 4.69) is 5.32 Å². The van der Waals surface area contributed by atoms with Crippen LogP contribution in [0.2, 0.25) is 0 Å². The maximum atomic E-state index is 11.1. The van der Waals surface area contributed by atoms with E-state index in [9.17, 15) is 9.90 Å². The maximum absolute atomic E-state index is 11.1. The molecule has 0 amide bonds. The van der Waals surface area contributed by atoms with Gasteiger partial charge in [0.05, 0.1) is 25.1 Å². The lowest BCUT2D eigenvalue weighted by Crippen LogP contribution is -2.33. The topological polar surface area (TPSA) is 58.6 Å². The molecule has 0 heterocycles. The second-order valence-electron chi connectivity index (χ2n) is 5.11. The number of halogens is 1. The van der Waals surface area contributed by atoms with Crippen LogP contribution in [0.3, 0.4) is 0 Å². The van der Waals surface area contributed by atoms with Crippen LogP contribution in [0.15, 0.2) is 24.3 Å². The van der Waals surface area contributed by atoms with Gasteiger partial charge in [-0.1, -0.05) is 25.5 Å². The van der Waals surface area contributed by atoms with Crippen LogP contribution in [-0.4, -0.2) is 37.0 Å². The molecule has 1 rings (SSSR count). The number of ether oxygens (including phenoxy) is 1. The molecule has 2 N–H and O–H groups in total. The molecule has 0 aliphatic rings. The molecule has 0 aliphatic heterocycles. The summed E-state index contributed by atoms with van der Waals surface area (Å²) in [4.78, 5) is 11.1. The fraction of sp³-hybridized carbons (Fsp3) is 0.562. The van der Waals surface area contributed by atoms with Crippen molar-refractivity contribution in [3.05, 3.63) is 29.8 Å². The molecule has 118 valence electrons. The minimum absolute atomic E-state index is 0.0160. The smallest absolute Gasteiger partial charge is 0.161 e. The lowest BCUT2D eigenvalue weighted by Gasteiger charge is -2.29. The van der Waals surface area contributed by atoms with E-state index in [1.54, 1.807) is 7.11 Å². The number of carbonyl (C=O) groups is 1. The van der Waals surface area contributed by atoms with Gasteiger partial charge < -0.3 is 15.2 Å². The average Bonchev–Trinajstić information content (AvgIpc) is 2.51. The largest absolute Gasteiger partial charge is 0.497 e.